The third-order valence-electron chi connectivity index (χ3n) is 3.66. The molecular weight excluding hydrogens is 254 g/mol. The van der Waals surface area contributed by atoms with Crippen LogP contribution in [0.5, 0.6) is 0 Å². The third kappa shape index (κ3) is 4.66. The van der Waals surface area contributed by atoms with E-state index in [9.17, 15) is 4.79 Å². The number of rotatable bonds is 5. The summed E-state index contributed by atoms with van der Waals surface area (Å²) < 4.78 is 0. The molecule has 0 unspecified atom stereocenters. The molecule has 1 aromatic rings. The molecule has 1 aliphatic rings. The molecule has 1 heterocycles. The van der Waals surface area contributed by atoms with Crippen LogP contribution in [0.15, 0.2) is 24.3 Å². The number of aryl methyl sites for hydroxylation is 1. The maximum absolute atomic E-state index is 12.1. The first-order chi connectivity index (χ1) is 9.29. The van der Waals surface area contributed by atoms with Gasteiger partial charge in [0, 0.05) is 17.9 Å². The summed E-state index contributed by atoms with van der Waals surface area (Å²) in [6, 6.07) is 8.01. The fourth-order valence-corrected chi connectivity index (χ4v) is 3.28. The van der Waals surface area contributed by atoms with Gasteiger partial charge in [-0.15, -0.1) is 0 Å². The molecule has 0 radical (unpaired) electrons. The summed E-state index contributed by atoms with van der Waals surface area (Å²) >= 11 is 1.46. The van der Waals surface area contributed by atoms with E-state index in [0.29, 0.717) is 0 Å². The van der Waals surface area contributed by atoms with Crippen LogP contribution in [0.4, 0.5) is 0 Å². The highest BCUT2D eigenvalue weighted by atomic mass is 32.2. The lowest BCUT2D eigenvalue weighted by atomic mass is 10.1. The molecule has 2 nitrogen and oxygen atoms in total. The molecule has 2 rings (SSSR count). The molecular formula is C16H23NOS. The van der Waals surface area contributed by atoms with E-state index < -0.39 is 0 Å². The van der Waals surface area contributed by atoms with Crippen LogP contribution in [-0.4, -0.2) is 35.4 Å². The van der Waals surface area contributed by atoms with Gasteiger partial charge in [-0.3, -0.25) is 4.79 Å². The molecule has 0 aromatic heterocycles. The molecule has 1 fully saturated rings. The molecule has 0 saturated carbocycles. The predicted molar refractivity (Wildman–Crippen MR) is 82.9 cm³/mol. The van der Waals surface area contributed by atoms with Crippen molar-refractivity contribution < 1.29 is 4.79 Å². The summed E-state index contributed by atoms with van der Waals surface area (Å²) in [5.41, 5.74) is 2.09. The molecule has 104 valence electrons. The summed E-state index contributed by atoms with van der Waals surface area (Å²) in [6.07, 6.45) is 4.99. The zero-order valence-electron chi connectivity index (χ0n) is 11.7. The van der Waals surface area contributed by atoms with Crippen LogP contribution in [0.25, 0.3) is 0 Å². The van der Waals surface area contributed by atoms with Crippen LogP contribution < -0.4 is 0 Å². The monoisotopic (exact) mass is 277 g/mol. The first-order valence-corrected chi connectivity index (χ1v) is 8.26. The standard InChI is InChI=1S/C16H23NOS/c1-2-14-7-6-8-15(13-14)16(18)19-12-11-17-9-4-3-5-10-17/h6-8,13H,2-5,9-12H2,1H3. The average molecular weight is 277 g/mol. The highest BCUT2D eigenvalue weighted by molar-refractivity contribution is 8.14. The molecule has 1 aliphatic heterocycles. The Hall–Kier alpha value is -0.800. The molecule has 0 amide bonds. The van der Waals surface area contributed by atoms with Crippen LogP contribution in [0, 0.1) is 0 Å². The highest BCUT2D eigenvalue weighted by Gasteiger charge is 2.11. The number of benzene rings is 1. The number of hydrogen-bond acceptors (Lipinski definition) is 3. The Balaban J connectivity index is 1.77. The van der Waals surface area contributed by atoms with Crippen molar-refractivity contribution in [1.82, 2.24) is 4.90 Å². The van der Waals surface area contributed by atoms with E-state index in [1.165, 1.54) is 49.7 Å². The van der Waals surface area contributed by atoms with Crippen molar-refractivity contribution in [1.29, 1.82) is 0 Å². The van der Waals surface area contributed by atoms with Crippen molar-refractivity contribution in [3.63, 3.8) is 0 Å². The van der Waals surface area contributed by atoms with Gasteiger partial charge >= 0.3 is 0 Å². The van der Waals surface area contributed by atoms with E-state index in [1.54, 1.807) is 0 Å². The molecule has 19 heavy (non-hydrogen) atoms. The summed E-state index contributed by atoms with van der Waals surface area (Å²) in [5.74, 6) is 0.912. The van der Waals surface area contributed by atoms with E-state index >= 15 is 0 Å². The normalized spacial score (nSPS) is 16.5. The number of hydrogen-bond donors (Lipinski definition) is 0. The Labute approximate surface area is 120 Å². The smallest absolute Gasteiger partial charge is 0.219 e. The first-order valence-electron chi connectivity index (χ1n) is 7.28. The minimum absolute atomic E-state index is 0.215. The molecule has 0 aliphatic carbocycles. The molecule has 1 saturated heterocycles. The number of nitrogens with zero attached hydrogens (tertiary/aromatic N) is 1. The average Bonchev–Trinajstić information content (AvgIpc) is 2.48. The van der Waals surface area contributed by atoms with E-state index in [1.807, 2.05) is 18.2 Å². The maximum atomic E-state index is 12.1. The molecule has 0 N–H and O–H groups in total. The lowest BCUT2D eigenvalue weighted by Gasteiger charge is -2.25. The number of carbonyl (C=O) groups is 1. The second kappa shape index (κ2) is 7.71. The van der Waals surface area contributed by atoms with Gasteiger partial charge in [0.2, 0.25) is 5.12 Å². The minimum Gasteiger partial charge on any atom is -0.303 e. The Kier molecular flexibility index (Phi) is 5.93. The summed E-state index contributed by atoms with van der Waals surface area (Å²) in [7, 11) is 0. The number of piperidine rings is 1. The van der Waals surface area contributed by atoms with Gasteiger partial charge in [0.1, 0.15) is 0 Å². The predicted octanol–water partition coefficient (Wildman–Crippen LogP) is 3.61. The Morgan fingerprint density at radius 2 is 2.05 bits per heavy atom. The van der Waals surface area contributed by atoms with E-state index in [-0.39, 0.29) is 5.12 Å². The van der Waals surface area contributed by atoms with Crippen LogP contribution in [0.1, 0.15) is 42.1 Å². The third-order valence-corrected chi connectivity index (χ3v) is 4.54. The molecule has 0 atom stereocenters. The van der Waals surface area contributed by atoms with E-state index in [0.717, 1.165) is 24.3 Å². The summed E-state index contributed by atoms with van der Waals surface area (Å²) in [5, 5.41) is 0.215. The van der Waals surface area contributed by atoms with Crippen molar-refractivity contribution in [3.05, 3.63) is 35.4 Å². The second-order valence-corrected chi connectivity index (χ2v) is 6.16. The van der Waals surface area contributed by atoms with Gasteiger partial charge in [-0.2, -0.15) is 0 Å². The van der Waals surface area contributed by atoms with Crippen molar-refractivity contribution in [3.8, 4) is 0 Å². The van der Waals surface area contributed by atoms with Gasteiger partial charge < -0.3 is 4.90 Å². The van der Waals surface area contributed by atoms with Crippen LogP contribution in [0.2, 0.25) is 0 Å². The fourth-order valence-electron chi connectivity index (χ4n) is 2.45. The lowest BCUT2D eigenvalue weighted by molar-refractivity contribution is 0.108. The van der Waals surface area contributed by atoms with Crippen molar-refractivity contribution in [2.45, 2.75) is 32.6 Å². The fraction of sp³-hybridized carbons (Fsp3) is 0.562. The Bertz CT molecular complexity index is 413. The number of likely N-dealkylation sites (tertiary alicyclic amines) is 1. The van der Waals surface area contributed by atoms with Crippen molar-refractivity contribution in [2.75, 3.05) is 25.4 Å². The summed E-state index contributed by atoms with van der Waals surface area (Å²) in [4.78, 5) is 14.6. The Morgan fingerprint density at radius 1 is 1.26 bits per heavy atom. The van der Waals surface area contributed by atoms with E-state index in [2.05, 4.69) is 17.9 Å². The second-order valence-electron chi connectivity index (χ2n) is 5.09. The SMILES string of the molecule is CCc1cccc(C(=O)SCCN2CCCCC2)c1. The minimum atomic E-state index is 0.215. The molecule has 1 aromatic carbocycles. The molecule has 0 bridgehead atoms. The topological polar surface area (TPSA) is 20.3 Å². The van der Waals surface area contributed by atoms with Crippen molar-refractivity contribution in [2.24, 2.45) is 0 Å². The van der Waals surface area contributed by atoms with Gasteiger partial charge in [-0.05, 0) is 44.0 Å². The van der Waals surface area contributed by atoms with E-state index in [4.69, 9.17) is 0 Å². The highest BCUT2D eigenvalue weighted by Crippen LogP contribution is 2.16. The zero-order valence-corrected chi connectivity index (χ0v) is 12.5. The van der Waals surface area contributed by atoms with Crippen LogP contribution in [0.3, 0.4) is 0 Å². The Morgan fingerprint density at radius 3 is 2.79 bits per heavy atom. The van der Waals surface area contributed by atoms with Gasteiger partial charge in [-0.1, -0.05) is 43.3 Å². The van der Waals surface area contributed by atoms with Crippen molar-refractivity contribution >= 4 is 16.9 Å². The van der Waals surface area contributed by atoms with Gasteiger partial charge in [0.25, 0.3) is 0 Å². The van der Waals surface area contributed by atoms with Gasteiger partial charge in [0.05, 0.1) is 0 Å². The maximum Gasteiger partial charge on any atom is 0.219 e. The quantitative estimate of drug-likeness (QED) is 0.820. The number of carbonyl (C=O) groups excluding carboxylic acids is 1. The van der Waals surface area contributed by atoms with Gasteiger partial charge in [-0.25, -0.2) is 0 Å². The van der Waals surface area contributed by atoms with Crippen LogP contribution >= 0.6 is 11.8 Å². The summed E-state index contributed by atoms with van der Waals surface area (Å²) in [6.45, 7) is 5.58. The lowest BCUT2D eigenvalue weighted by Crippen LogP contribution is -2.31. The molecule has 0 spiro atoms. The van der Waals surface area contributed by atoms with Crippen LogP contribution in [-0.2, 0) is 6.42 Å². The zero-order chi connectivity index (χ0) is 13.5. The largest absolute Gasteiger partial charge is 0.303 e. The van der Waals surface area contributed by atoms with Gasteiger partial charge in [0.15, 0.2) is 0 Å². The first kappa shape index (κ1) is 14.6. The number of thioether (sulfide) groups is 1. The molecule has 3 heteroatoms.